The van der Waals surface area contributed by atoms with Crippen LogP contribution in [0.15, 0.2) is 48.8 Å². The first-order valence-corrected chi connectivity index (χ1v) is 7.19. The fourth-order valence-corrected chi connectivity index (χ4v) is 2.25. The van der Waals surface area contributed by atoms with Gasteiger partial charge in [-0.25, -0.2) is 9.78 Å². The molecule has 0 atom stereocenters. The van der Waals surface area contributed by atoms with Gasteiger partial charge < -0.3 is 9.72 Å². The number of carbonyl (C=O) groups excluding carboxylic acids is 1. The molecule has 112 valence electrons. The molecule has 4 nitrogen and oxygen atoms in total. The normalized spacial score (nSPS) is 11.6. The summed E-state index contributed by atoms with van der Waals surface area (Å²) in [6.45, 7) is 6.44. The van der Waals surface area contributed by atoms with E-state index >= 15 is 0 Å². The maximum atomic E-state index is 12.2. The molecular weight excluding hydrogens is 276 g/mol. The number of hydrogen-bond acceptors (Lipinski definition) is 3. The molecule has 0 saturated carbocycles. The van der Waals surface area contributed by atoms with E-state index < -0.39 is 0 Å². The number of nitrogens with one attached hydrogen (secondary N) is 1. The second-order valence-corrected chi connectivity index (χ2v) is 6.30. The van der Waals surface area contributed by atoms with Gasteiger partial charge in [-0.05, 0) is 41.3 Å². The van der Waals surface area contributed by atoms with Gasteiger partial charge in [0.2, 0.25) is 0 Å². The quantitative estimate of drug-likeness (QED) is 0.572. The Morgan fingerprint density at radius 3 is 2.50 bits per heavy atom. The minimum atomic E-state index is -0.375. The van der Waals surface area contributed by atoms with Crippen molar-refractivity contribution >= 4 is 17.0 Å². The Balaban J connectivity index is 1.78. The van der Waals surface area contributed by atoms with Crippen LogP contribution in [-0.4, -0.2) is 15.9 Å². The average molecular weight is 294 g/mol. The van der Waals surface area contributed by atoms with Crippen molar-refractivity contribution in [3.63, 3.8) is 0 Å². The van der Waals surface area contributed by atoms with Crippen LogP contribution in [0.2, 0.25) is 0 Å². The lowest BCUT2D eigenvalue weighted by molar-refractivity contribution is 0.0735. The molecule has 0 radical (unpaired) electrons. The highest BCUT2D eigenvalue weighted by Crippen LogP contribution is 2.24. The van der Waals surface area contributed by atoms with Crippen LogP contribution in [0.1, 0.15) is 36.7 Å². The maximum Gasteiger partial charge on any atom is 0.343 e. The summed E-state index contributed by atoms with van der Waals surface area (Å²) in [5.74, 6) is 0.169. The van der Waals surface area contributed by atoms with Gasteiger partial charge in [0, 0.05) is 0 Å². The van der Waals surface area contributed by atoms with Crippen LogP contribution in [0, 0.1) is 0 Å². The number of imidazole rings is 1. The average Bonchev–Trinajstić information content (AvgIpc) is 2.94. The molecular formula is C18H18N2O2. The van der Waals surface area contributed by atoms with Gasteiger partial charge >= 0.3 is 5.97 Å². The molecule has 2 aromatic carbocycles. The molecule has 1 aromatic heterocycles. The van der Waals surface area contributed by atoms with Gasteiger partial charge in [-0.2, -0.15) is 0 Å². The number of aromatic nitrogens is 2. The van der Waals surface area contributed by atoms with Crippen molar-refractivity contribution in [2.45, 2.75) is 26.2 Å². The van der Waals surface area contributed by atoms with Gasteiger partial charge in [0.05, 0.1) is 22.9 Å². The number of benzene rings is 2. The van der Waals surface area contributed by atoms with E-state index in [-0.39, 0.29) is 11.4 Å². The van der Waals surface area contributed by atoms with Crippen LogP contribution >= 0.6 is 0 Å². The zero-order valence-electron chi connectivity index (χ0n) is 12.9. The zero-order chi connectivity index (χ0) is 15.7. The monoisotopic (exact) mass is 294 g/mol. The topological polar surface area (TPSA) is 55.0 Å². The molecule has 1 N–H and O–H groups in total. The lowest BCUT2D eigenvalue weighted by Gasteiger charge is -2.19. The lowest BCUT2D eigenvalue weighted by atomic mass is 9.87. The summed E-state index contributed by atoms with van der Waals surface area (Å²) in [6.07, 6.45) is 1.60. The second kappa shape index (κ2) is 5.30. The molecule has 0 unspecified atom stereocenters. The third-order valence-corrected chi connectivity index (χ3v) is 3.59. The van der Waals surface area contributed by atoms with Crippen molar-refractivity contribution in [3.8, 4) is 5.75 Å². The Hall–Kier alpha value is -2.62. The molecule has 3 rings (SSSR count). The number of carbonyl (C=O) groups is 1. The van der Waals surface area contributed by atoms with Crippen LogP contribution in [0.3, 0.4) is 0 Å². The van der Waals surface area contributed by atoms with Gasteiger partial charge in [-0.1, -0.05) is 32.9 Å². The van der Waals surface area contributed by atoms with E-state index in [1.54, 1.807) is 24.5 Å². The van der Waals surface area contributed by atoms with Gasteiger partial charge in [-0.3, -0.25) is 0 Å². The third kappa shape index (κ3) is 2.86. The second-order valence-electron chi connectivity index (χ2n) is 6.30. The molecule has 0 saturated heterocycles. The third-order valence-electron chi connectivity index (χ3n) is 3.59. The van der Waals surface area contributed by atoms with E-state index in [1.165, 1.54) is 5.56 Å². The van der Waals surface area contributed by atoms with Crippen molar-refractivity contribution in [3.05, 3.63) is 59.9 Å². The molecule has 22 heavy (non-hydrogen) atoms. The van der Waals surface area contributed by atoms with E-state index in [0.29, 0.717) is 11.3 Å². The number of nitrogens with zero attached hydrogens (tertiary/aromatic N) is 1. The Labute approximate surface area is 129 Å². The molecule has 0 amide bonds. The number of hydrogen-bond donors (Lipinski definition) is 1. The predicted molar refractivity (Wildman–Crippen MR) is 86.2 cm³/mol. The smallest absolute Gasteiger partial charge is 0.343 e. The van der Waals surface area contributed by atoms with Crippen LogP contribution in [0.4, 0.5) is 0 Å². The standard InChI is InChI=1S/C18H18N2O2/c1-18(2,3)13-5-7-14(8-6-13)22-17(21)12-4-9-15-16(10-12)20-11-19-15/h4-11H,1-3H3,(H,19,20). The Kier molecular flexibility index (Phi) is 3.45. The molecule has 0 spiro atoms. The Morgan fingerprint density at radius 2 is 1.82 bits per heavy atom. The SMILES string of the molecule is CC(C)(C)c1ccc(OC(=O)c2ccc3nc[nH]c3c2)cc1. The van der Waals surface area contributed by atoms with Gasteiger partial charge in [0.25, 0.3) is 0 Å². The fraction of sp³-hybridized carbons (Fsp3) is 0.222. The Morgan fingerprint density at radius 1 is 1.09 bits per heavy atom. The van der Waals surface area contributed by atoms with Crippen LogP contribution < -0.4 is 4.74 Å². The molecule has 3 aromatic rings. The highest BCUT2D eigenvalue weighted by atomic mass is 16.5. The van der Waals surface area contributed by atoms with Crippen LogP contribution in [0.25, 0.3) is 11.0 Å². The fourth-order valence-electron chi connectivity index (χ4n) is 2.25. The first kappa shape index (κ1) is 14.3. The largest absolute Gasteiger partial charge is 0.423 e. The van der Waals surface area contributed by atoms with Gasteiger partial charge in [0.1, 0.15) is 5.75 Å². The summed E-state index contributed by atoms with van der Waals surface area (Å²) in [7, 11) is 0. The summed E-state index contributed by atoms with van der Waals surface area (Å²) in [4.78, 5) is 19.3. The molecule has 0 aliphatic rings. The lowest BCUT2D eigenvalue weighted by Crippen LogP contribution is -2.11. The number of esters is 1. The van der Waals surface area contributed by atoms with E-state index in [4.69, 9.17) is 4.74 Å². The molecule has 0 aliphatic heterocycles. The van der Waals surface area contributed by atoms with E-state index in [0.717, 1.165) is 11.0 Å². The molecule has 1 heterocycles. The number of aromatic amines is 1. The molecule has 0 fully saturated rings. The van der Waals surface area contributed by atoms with Crippen LogP contribution in [-0.2, 0) is 5.41 Å². The first-order valence-electron chi connectivity index (χ1n) is 7.19. The van der Waals surface area contributed by atoms with Crippen molar-refractivity contribution in [1.82, 2.24) is 9.97 Å². The highest BCUT2D eigenvalue weighted by molar-refractivity contribution is 5.94. The Bertz CT molecular complexity index is 811. The van der Waals surface area contributed by atoms with E-state index in [9.17, 15) is 4.79 Å². The molecule has 0 bridgehead atoms. The molecule has 4 heteroatoms. The number of fused-ring (bicyclic) bond motifs is 1. The maximum absolute atomic E-state index is 12.2. The van der Waals surface area contributed by atoms with E-state index in [2.05, 4.69) is 30.7 Å². The van der Waals surface area contributed by atoms with Crippen molar-refractivity contribution < 1.29 is 9.53 Å². The summed E-state index contributed by atoms with van der Waals surface area (Å²) < 4.78 is 5.42. The number of rotatable bonds is 2. The highest BCUT2D eigenvalue weighted by Gasteiger charge is 2.14. The number of H-pyrrole nitrogens is 1. The summed E-state index contributed by atoms with van der Waals surface area (Å²) >= 11 is 0. The van der Waals surface area contributed by atoms with E-state index in [1.807, 2.05) is 24.3 Å². The zero-order valence-corrected chi connectivity index (χ0v) is 12.9. The minimum absolute atomic E-state index is 0.0776. The summed E-state index contributed by atoms with van der Waals surface area (Å²) in [5, 5.41) is 0. The summed E-state index contributed by atoms with van der Waals surface area (Å²) in [6, 6.07) is 12.9. The van der Waals surface area contributed by atoms with Gasteiger partial charge in [0.15, 0.2) is 0 Å². The van der Waals surface area contributed by atoms with Crippen molar-refractivity contribution in [1.29, 1.82) is 0 Å². The van der Waals surface area contributed by atoms with Crippen molar-refractivity contribution in [2.24, 2.45) is 0 Å². The predicted octanol–water partition coefficient (Wildman–Crippen LogP) is 4.08. The van der Waals surface area contributed by atoms with Gasteiger partial charge in [-0.15, -0.1) is 0 Å². The van der Waals surface area contributed by atoms with Crippen LogP contribution in [0.5, 0.6) is 5.75 Å². The minimum Gasteiger partial charge on any atom is -0.423 e. The molecule has 0 aliphatic carbocycles. The number of ether oxygens (including phenoxy) is 1. The summed E-state index contributed by atoms with van der Waals surface area (Å²) in [5.41, 5.74) is 3.42. The first-order chi connectivity index (χ1) is 10.4. The van der Waals surface area contributed by atoms with Crippen molar-refractivity contribution in [2.75, 3.05) is 0 Å².